The van der Waals surface area contributed by atoms with Gasteiger partial charge in [0.05, 0.1) is 10.8 Å². The zero-order chi connectivity index (χ0) is 16.5. The Morgan fingerprint density at radius 2 is 1.83 bits per heavy atom. The predicted octanol–water partition coefficient (Wildman–Crippen LogP) is 3.42. The highest BCUT2D eigenvalue weighted by atomic mass is 35.5. The van der Waals surface area contributed by atoms with E-state index in [2.05, 4.69) is 5.32 Å². The Labute approximate surface area is 141 Å². The Hall–Kier alpha value is -1.55. The van der Waals surface area contributed by atoms with Crippen molar-refractivity contribution >= 4 is 23.5 Å². The van der Waals surface area contributed by atoms with Crippen LogP contribution in [0.2, 0.25) is 5.02 Å². The molecule has 2 aliphatic carbocycles. The summed E-state index contributed by atoms with van der Waals surface area (Å²) in [6.45, 7) is 0.248. The van der Waals surface area contributed by atoms with E-state index in [-0.39, 0.29) is 12.5 Å². The molecule has 23 heavy (non-hydrogen) atoms. The van der Waals surface area contributed by atoms with Crippen LogP contribution in [0.25, 0.3) is 0 Å². The maximum atomic E-state index is 12.8. The van der Waals surface area contributed by atoms with Crippen LogP contribution in [0.5, 0.6) is 0 Å². The first-order chi connectivity index (χ1) is 11.0. The fraction of sp³-hybridized carbons (Fsp3) is 0.556. The van der Waals surface area contributed by atoms with E-state index in [1.54, 1.807) is 0 Å². The Morgan fingerprint density at radius 1 is 1.13 bits per heavy atom. The number of benzene rings is 1. The molecule has 0 unspecified atom stereocenters. The van der Waals surface area contributed by atoms with Crippen LogP contribution in [0.4, 0.5) is 0 Å². The molecule has 2 aliphatic rings. The molecule has 2 fully saturated rings. The van der Waals surface area contributed by atoms with Gasteiger partial charge in [0.2, 0.25) is 5.91 Å². The average molecular weight is 336 g/mol. The highest BCUT2D eigenvalue weighted by Gasteiger charge is 2.51. The molecule has 0 heterocycles. The lowest BCUT2D eigenvalue weighted by Gasteiger charge is -2.28. The minimum atomic E-state index is -0.798. The second-order valence-corrected chi connectivity index (χ2v) is 7.50. The van der Waals surface area contributed by atoms with Crippen LogP contribution in [0.3, 0.4) is 0 Å². The number of hydrogen-bond acceptors (Lipinski definition) is 2. The van der Waals surface area contributed by atoms with Crippen molar-refractivity contribution in [2.24, 2.45) is 10.8 Å². The smallest absolute Gasteiger partial charge is 0.311 e. The molecule has 3 rings (SSSR count). The minimum absolute atomic E-state index is 0.00232. The Bertz CT molecular complexity index is 618. The fourth-order valence-corrected chi connectivity index (χ4v) is 3.84. The summed E-state index contributed by atoms with van der Waals surface area (Å²) in [6, 6.07) is 7.64. The first-order valence-corrected chi connectivity index (χ1v) is 8.60. The monoisotopic (exact) mass is 335 g/mol. The van der Waals surface area contributed by atoms with E-state index < -0.39 is 16.8 Å². The molecule has 0 saturated heterocycles. The molecule has 0 atom stereocenters. The standard InChI is InChI=1S/C18H22ClNO3/c19-14-5-3-4-13(10-14)11-17(6-1-2-7-17)15(21)20-12-18(8-9-18)16(22)23/h3-5,10H,1-2,6-9,11-12H2,(H,20,21)(H,22,23). The van der Waals surface area contributed by atoms with Gasteiger partial charge in [-0.25, -0.2) is 0 Å². The van der Waals surface area contributed by atoms with Gasteiger partial charge in [0.15, 0.2) is 0 Å². The van der Waals surface area contributed by atoms with E-state index in [9.17, 15) is 14.7 Å². The summed E-state index contributed by atoms with van der Waals surface area (Å²) in [5, 5.41) is 12.9. The van der Waals surface area contributed by atoms with Crippen molar-refractivity contribution in [1.29, 1.82) is 0 Å². The molecule has 124 valence electrons. The van der Waals surface area contributed by atoms with Crippen molar-refractivity contribution in [3.63, 3.8) is 0 Å². The van der Waals surface area contributed by atoms with E-state index >= 15 is 0 Å². The number of aliphatic carboxylic acids is 1. The lowest BCUT2D eigenvalue weighted by molar-refractivity contribution is -0.143. The van der Waals surface area contributed by atoms with Gasteiger partial charge in [0.25, 0.3) is 0 Å². The quantitative estimate of drug-likeness (QED) is 0.837. The van der Waals surface area contributed by atoms with E-state index in [0.29, 0.717) is 24.3 Å². The van der Waals surface area contributed by atoms with Crippen LogP contribution >= 0.6 is 11.6 Å². The molecule has 1 aromatic carbocycles. The summed E-state index contributed by atoms with van der Waals surface area (Å²) < 4.78 is 0. The Balaban J connectivity index is 1.70. The first-order valence-electron chi connectivity index (χ1n) is 8.22. The lowest BCUT2D eigenvalue weighted by atomic mass is 9.79. The highest BCUT2D eigenvalue weighted by Crippen LogP contribution is 2.46. The zero-order valence-corrected chi connectivity index (χ0v) is 13.9. The van der Waals surface area contributed by atoms with Crippen LogP contribution < -0.4 is 5.32 Å². The molecule has 0 spiro atoms. The van der Waals surface area contributed by atoms with Crippen LogP contribution in [-0.4, -0.2) is 23.5 Å². The number of nitrogens with one attached hydrogen (secondary N) is 1. The van der Waals surface area contributed by atoms with Crippen molar-refractivity contribution < 1.29 is 14.7 Å². The number of carboxylic acids is 1. The second kappa shape index (κ2) is 6.16. The molecule has 4 nitrogen and oxygen atoms in total. The van der Waals surface area contributed by atoms with Crippen molar-refractivity contribution in [2.45, 2.75) is 44.9 Å². The van der Waals surface area contributed by atoms with Gasteiger partial charge in [-0.05, 0) is 49.8 Å². The maximum absolute atomic E-state index is 12.8. The Morgan fingerprint density at radius 3 is 2.39 bits per heavy atom. The van der Waals surface area contributed by atoms with E-state index in [1.807, 2.05) is 24.3 Å². The zero-order valence-electron chi connectivity index (χ0n) is 13.1. The number of carbonyl (C=O) groups excluding carboxylic acids is 1. The minimum Gasteiger partial charge on any atom is -0.481 e. The second-order valence-electron chi connectivity index (χ2n) is 7.06. The molecule has 0 radical (unpaired) electrons. The summed E-state index contributed by atoms with van der Waals surface area (Å²) in [7, 11) is 0. The third kappa shape index (κ3) is 3.37. The number of carboxylic acid groups (broad SMARTS) is 1. The van der Waals surface area contributed by atoms with Gasteiger partial charge in [0, 0.05) is 11.6 Å². The van der Waals surface area contributed by atoms with Gasteiger partial charge in [-0.3, -0.25) is 9.59 Å². The third-order valence-corrected chi connectivity index (χ3v) is 5.60. The summed E-state index contributed by atoms with van der Waals surface area (Å²) in [5.41, 5.74) is -0.0703. The van der Waals surface area contributed by atoms with Crippen molar-refractivity contribution in [2.75, 3.05) is 6.54 Å². The van der Waals surface area contributed by atoms with Crippen LogP contribution in [0, 0.1) is 10.8 Å². The van der Waals surface area contributed by atoms with Gasteiger partial charge < -0.3 is 10.4 Å². The molecule has 1 amide bonds. The summed E-state index contributed by atoms with van der Waals surface area (Å²) in [6.07, 6.45) is 5.76. The Kier molecular flexibility index (Phi) is 4.37. The maximum Gasteiger partial charge on any atom is 0.311 e. The molecule has 2 N–H and O–H groups in total. The molecule has 0 bridgehead atoms. The normalized spacial score (nSPS) is 20.9. The van der Waals surface area contributed by atoms with E-state index in [4.69, 9.17) is 11.6 Å². The average Bonchev–Trinajstić information content (AvgIpc) is 3.17. The number of amides is 1. The molecule has 1 aromatic rings. The lowest BCUT2D eigenvalue weighted by Crippen LogP contribution is -2.44. The number of carbonyl (C=O) groups is 2. The van der Waals surface area contributed by atoms with Crippen LogP contribution in [0.15, 0.2) is 24.3 Å². The topological polar surface area (TPSA) is 66.4 Å². The summed E-state index contributed by atoms with van der Waals surface area (Å²) >= 11 is 6.05. The molecular weight excluding hydrogens is 314 g/mol. The molecule has 5 heteroatoms. The van der Waals surface area contributed by atoms with Gasteiger partial charge in [0.1, 0.15) is 0 Å². The largest absolute Gasteiger partial charge is 0.481 e. The molecule has 2 saturated carbocycles. The molecule has 0 aromatic heterocycles. The van der Waals surface area contributed by atoms with Gasteiger partial charge in [-0.15, -0.1) is 0 Å². The predicted molar refractivity (Wildman–Crippen MR) is 88.4 cm³/mol. The highest BCUT2D eigenvalue weighted by molar-refractivity contribution is 6.30. The van der Waals surface area contributed by atoms with Gasteiger partial charge >= 0.3 is 5.97 Å². The summed E-state index contributed by atoms with van der Waals surface area (Å²) in [5.74, 6) is -0.796. The van der Waals surface area contributed by atoms with Crippen molar-refractivity contribution in [3.8, 4) is 0 Å². The third-order valence-electron chi connectivity index (χ3n) is 5.37. The first kappa shape index (κ1) is 16.3. The van der Waals surface area contributed by atoms with E-state index in [0.717, 1.165) is 31.2 Å². The van der Waals surface area contributed by atoms with Crippen molar-refractivity contribution in [1.82, 2.24) is 5.32 Å². The number of hydrogen-bond donors (Lipinski definition) is 2. The van der Waals surface area contributed by atoms with E-state index in [1.165, 1.54) is 0 Å². The van der Waals surface area contributed by atoms with Gasteiger partial charge in [-0.2, -0.15) is 0 Å². The van der Waals surface area contributed by atoms with Crippen LogP contribution in [0.1, 0.15) is 44.1 Å². The number of rotatable bonds is 6. The molecule has 0 aliphatic heterocycles. The van der Waals surface area contributed by atoms with Gasteiger partial charge in [-0.1, -0.05) is 36.6 Å². The van der Waals surface area contributed by atoms with Crippen LogP contribution in [-0.2, 0) is 16.0 Å². The fourth-order valence-electron chi connectivity index (χ4n) is 3.63. The summed E-state index contributed by atoms with van der Waals surface area (Å²) in [4.78, 5) is 24.1. The SMILES string of the molecule is O=C(O)C1(CNC(=O)C2(Cc3cccc(Cl)c3)CCCC2)CC1. The molecular formula is C18H22ClNO3. The number of halogens is 1. The van der Waals surface area contributed by atoms with Crippen molar-refractivity contribution in [3.05, 3.63) is 34.9 Å².